The van der Waals surface area contributed by atoms with Crippen molar-refractivity contribution in [2.45, 2.75) is 40.2 Å². The first-order valence-electron chi connectivity index (χ1n) is 13.0. The molecule has 4 rings (SSSR count). The summed E-state index contributed by atoms with van der Waals surface area (Å²) in [6.07, 6.45) is 5.33. The molecule has 3 aliphatic rings. The number of piperidine rings is 1. The van der Waals surface area contributed by atoms with Crippen LogP contribution in [0.25, 0.3) is 0 Å². The number of morpholine rings is 1. The van der Waals surface area contributed by atoms with Crippen LogP contribution in [0.3, 0.4) is 0 Å². The van der Waals surface area contributed by atoms with E-state index < -0.39 is 5.41 Å². The fourth-order valence-electron chi connectivity index (χ4n) is 5.18. The highest BCUT2D eigenvalue weighted by molar-refractivity contribution is 5.87. The molecule has 0 spiro atoms. The van der Waals surface area contributed by atoms with Crippen LogP contribution in [-0.4, -0.2) is 85.0 Å². The standard InChI is InChI=1S/C28H39N3O5/c1-28(2,3)27(34)31-19-23-7-4-5-9-24(23)36-14-6-8-22-18-30(26(33)20-31)11-10-21(22)17-25(32)29-12-15-35-16-13-29/h4-9,21-22H,10-20H2,1-3H3/b8-6-/t21-,22-/m0/s1. The van der Waals surface area contributed by atoms with E-state index in [4.69, 9.17) is 9.47 Å². The minimum atomic E-state index is -0.610. The largest absolute Gasteiger partial charge is 0.489 e. The number of amides is 3. The molecule has 3 aliphatic heterocycles. The highest BCUT2D eigenvalue weighted by atomic mass is 16.5. The summed E-state index contributed by atoms with van der Waals surface area (Å²) in [4.78, 5) is 45.1. The second kappa shape index (κ2) is 11.5. The number of nitrogens with zero attached hydrogens (tertiary/aromatic N) is 3. The Bertz CT molecular complexity index is 980. The molecule has 3 heterocycles. The van der Waals surface area contributed by atoms with Crippen molar-refractivity contribution in [3.63, 3.8) is 0 Å². The Morgan fingerprint density at radius 1 is 1.03 bits per heavy atom. The Balaban J connectivity index is 1.55. The number of carbonyl (C=O) groups excluding carboxylic acids is 3. The second-order valence-corrected chi connectivity index (χ2v) is 11.0. The van der Waals surface area contributed by atoms with E-state index in [0.717, 1.165) is 12.0 Å². The Labute approximate surface area is 214 Å². The summed E-state index contributed by atoms with van der Waals surface area (Å²) in [5.41, 5.74) is 0.267. The summed E-state index contributed by atoms with van der Waals surface area (Å²) in [7, 11) is 0. The summed E-state index contributed by atoms with van der Waals surface area (Å²) in [5, 5.41) is 0. The Hall–Kier alpha value is -2.87. The van der Waals surface area contributed by atoms with E-state index in [-0.39, 0.29) is 36.1 Å². The first-order chi connectivity index (χ1) is 17.2. The predicted octanol–water partition coefficient (Wildman–Crippen LogP) is 2.72. The van der Waals surface area contributed by atoms with Gasteiger partial charge in [0.05, 0.1) is 13.2 Å². The van der Waals surface area contributed by atoms with Crippen molar-refractivity contribution in [2.75, 3.05) is 52.5 Å². The molecule has 1 aromatic carbocycles. The van der Waals surface area contributed by atoms with Crippen LogP contribution < -0.4 is 4.74 Å². The highest BCUT2D eigenvalue weighted by Crippen LogP contribution is 2.30. The van der Waals surface area contributed by atoms with Crippen LogP contribution in [0.2, 0.25) is 0 Å². The molecular weight excluding hydrogens is 458 g/mol. The number of fused-ring (bicyclic) bond motifs is 3. The van der Waals surface area contributed by atoms with Crippen LogP contribution in [0.5, 0.6) is 5.75 Å². The average molecular weight is 498 g/mol. The summed E-state index contributed by atoms with van der Waals surface area (Å²) in [6.45, 7) is 9.95. The molecule has 2 fully saturated rings. The number of hydrogen-bond donors (Lipinski definition) is 0. The van der Waals surface area contributed by atoms with Crippen molar-refractivity contribution in [3.05, 3.63) is 42.0 Å². The SMILES string of the molecule is CC(C)(C)C(=O)N1CC(=O)N2CC[C@@H](CC(=O)N3CCOCC3)[C@@H](/C=C\COc3ccccc3C1)C2. The number of benzene rings is 1. The lowest BCUT2D eigenvalue weighted by molar-refractivity contribution is -0.147. The molecule has 196 valence electrons. The zero-order valence-electron chi connectivity index (χ0n) is 21.8. The van der Waals surface area contributed by atoms with Gasteiger partial charge in [-0.3, -0.25) is 14.4 Å². The second-order valence-electron chi connectivity index (χ2n) is 11.0. The zero-order chi connectivity index (χ0) is 25.7. The minimum absolute atomic E-state index is 0.0260. The van der Waals surface area contributed by atoms with Gasteiger partial charge < -0.3 is 24.2 Å². The molecule has 8 nitrogen and oxygen atoms in total. The van der Waals surface area contributed by atoms with Crippen molar-refractivity contribution in [2.24, 2.45) is 17.3 Å². The van der Waals surface area contributed by atoms with Crippen LogP contribution in [0.1, 0.15) is 39.2 Å². The smallest absolute Gasteiger partial charge is 0.242 e. The summed E-state index contributed by atoms with van der Waals surface area (Å²) in [5.74, 6) is 0.960. The number of rotatable bonds is 2. The van der Waals surface area contributed by atoms with Gasteiger partial charge in [0.25, 0.3) is 0 Å². The van der Waals surface area contributed by atoms with Crippen LogP contribution in [0.4, 0.5) is 0 Å². The predicted molar refractivity (Wildman–Crippen MR) is 136 cm³/mol. The molecule has 2 atom stereocenters. The van der Waals surface area contributed by atoms with Gasteiger partial charge in [0, 0.05) is 50.1 Å². The van der Waals surface area contributed by atoms with Crippen LogP contribution >= 0.6 is 0 Å². The molecule has 2 saturated heterocycles. The van der Waals surface area contributed by atoms with Crippen molar-refractivity contribution in [1.29, 1.82) is 0 Å². The number of carbonyl (C=O) groups is 3. The topological polar surface area (TPSA) is 79.4 Å². The molecule has 8 heteroatoms. The molecule has 0 aromatic heterocycles. The van der Waals surface area contributed by atoms with Gasteiger partial charge in [0.15, 0.2) is 0 Å². The molecule has 0 saturated carbocycles. The minimum Gasteiger partial charge on any atom is -0.489 e. The monoisotopic (exact) mass is 497 g/mol. The molecule has 2 bridgehead atoms. The van der Waals surface area contributed by atoms with Crippen LogP contribution in [0.15, 0.2) is 36.4 Å². The number of ether oxygens (including phenoxy) is 2. The van der Waals surface area contributed by atoms with Gasteiger partial charge in [0.1, 0.15) is 18.9 Å². The lowest BCUT2D eigenvalue weighted by atomic mass is 9.82. The third-order valence-electron chi connectivity index (χ3n) is 7.27. The van der Waals surface area contributed by atoms with Crippen LogP contribution in [0, 0.1) is 17.3 Å². The molecule has 36 heavy (non-hydrogen) atoms. The van der Waals surface area contributed by atoms with Crippen molar-refractivity contribution in [1.82, 2.24) is 14.7 Å². The van der Waals surface area contributed by atoms with Crippen molar-refractivity contribution < 1.29 is 23.9 Å². The van der Waals surface area contributed by atoms with E-state index in [1.54, 1.807) is 4.90 Å². The lowest BCUT2D eigenvalue weighted by Gasteiger charge is -2.39. The Morgan fingerprint density at radius 3 is 2.53 bits per heavy atom. The van der Waals surface area contributed by atoms with Crippen LogP contribution in [-0.2, 0) is 25.7 Å². The van der Waals surface area contributed by atoms with Gasteiger partial charge in [-0.25, -0.2) is 0 Å². The van der Waals surface area contributed by atoms with Gasteiger partial charge in [-0.05, 0) is 24.3 Å². The molecule has 0 unspecified atom stereocenters. The van der Waals surface area contributed by atoms with Gasteiger partial charge in [-0.1, -0.05) is 51.1 Å². The van der Waals surface area contributed by atoms with E-state index in [0.29, 0.717) is 64.7 Å². The highest BCUT2D eigenvalue weighted by Gasteiger charge is 2.35. The first-order valence-corrected chi connectivity index (χ1v) is 13.0. The molecule has 0 radical (unpaired) electrons. The average Bonchev–Trinajstić information content (AvgIpc) is 2.87. The fourth-order valence-corrected chi connectivity index (χ4v) is 5.18. The maximum Gasteiger partial charge on any atom is 0.242 e. The third-order valence-corrected chi connectivity index (χ3v) is 7.27. The lowest BCUT2D eigenvalue weighted by Crippen LogP contribution is -2.50. The summed E-state index contributed by atoms with van der Waals surface area (Å²) >= 11 is 0. The van der Waals surface area contributed by atoms with E-state index >= 15 is 0 Å². The van der Waals surface area contributed by atoms with Gasteiger partial charge >= 0.3 is 0 Å². The molecule has 1 aromatic rings. The number of para-hydroxylation sites is 1. The normalized spacial score (nSPS) is 24.5. The first kappa shape index (κ1) is 26.2. The van der Waals surface area contributed by atoms with Crippen molar-refractivity contribution >= 4 is 17.7 Å². The summed E-state index contributed by atoms with van der Waals surface area (Å²) < 4.78 is 11.5. The Kier molecular flexibility index (Phi) is 8.34. The fraction of sp³-hybridized carbons (Fsp3) is 0.607. The van der Waals surface area contributed by atoms with Gasteiger partial charge in [0.2, 0.25) is 17.7 Å². The van der Waals surface area contributed by atoms with Gasteiger partial charge in [-0.15, -0.1) is 0 Å². The quantitative estimate of drug-likeness (QED) is 0.587. The van der Waals surface area contributed by atoms with Crippen molar-refractivity contribution in [3.8, 4) is 5.75 Å². The van der Waals surface area contributed by atoms with E-state index in [1.807, 2.05) is 60.9 Å². The maximum atomic E-state index is 13.4. The number of hydrogen-bond acceptors (Lipinski definition) is 5. The maximum absolute atomic E-state index is 13.4. The summed E-state index contributed by atoms with van der Waals surface area (Å²) in [6, 6.07) is 7.67. The Morgan fingerprint density at radius 2 is 1.78 bits per heavy atom. The zero-order valence-corrected chi connectivity index (χ0v) is 21.8. The van der Waals surface area contributed by atoms with E-state index in [2.05, 4.69) is 6.08 Å². The molecule has 3 amide bonds. The van der Waals surface area contributed by atoms with E-state index in [1.165, 1.54) is 0 Å². The molecule has 0 aliphatic carbocycles. The van der Waals surface area contributed by atoms with E-state index in [9.17, 15) is 14.4 Å². The third kappa shape index (κ3) is 6.46. The van der Waals surface area contributed by atoms with Gasteiger partial charge in [-0.2, -0.15) is 0 Å². The molecular formula is C28H39N3O5. The molecule has 0 N–H and O–H groups in total.